The lowest BCUT2D eigenvalue weighted by molar-refractivity contribution is -0.118. The molecule has 0 saturated heterocycles. The first kappa shape index (κ1) is 22.8. The number of hydrazone groups is 1. The number of para-hydroxylation sites is 1. The van der Waals surface area contributed by atoms with Gasteiger partial charge in [-0.1, -0.05) is 58.0 Å². The van der Waals surface area contributed by atoms with Crippen molar-refractivity contribution in [3.63, 3.8) is 0 Å². The number of halogens is 1. The lowest BCUT2D eigenvalue weighted by Crippen LogP contribution is -2.20. The van der Waals surface area contributed by atoms with Gasteiger partial charge in [-0.05, 0) is 54.1 Å². The molecular weight excluding hydrogens is 502 g/mol. The van der Waals surface area contributed by atoms with Crippen LogP contribution < -0.4 is 10.2 Å². The van der Waals surface area contributed by atoms with Crippen LogP contribution in [-0.2, 0) is 4.79 Å². The van der Waals surface area contributed by atoms with Gasteiger partial charge in [0.1, 0.15) is 5.75 Å². The third-order valence-electron chi connectivity index (χ3n) is 4.58. The van der Waals surface area contributed by atoms with Crippen LogP contribution in [0.1, 0.15) is 5.56 Å². The van der Waals surface area contributed by atoms with Crippen molar-refractivity contribution < 1.29 is 9.53 Å². The van der Waals surface area contributed by atoms with Crippen molar-refractivity contribution in [3.05, 3.63) is 88.9 Å². The minimum Gasteiger partial charge on any atom is -0.497 e. The number of hydrogen-bond acceptors (Lipinski definition) is 6. The van der Waals surface area contributed by atoms with Crippen molar-refractivity contribution in [2.24, 2.45) is 5.10 Å². The Balaban J connectivity index is 1.50. The summed E-state index contributed by atoms with van der Waals surface area (Å²) in [6.45, 7) is 0. The van der Waals surface area contributed by atoms with Crippen molar-refractivity contribution >= 4 is 39.8 Å². The Morgan fingerprint density at radius 2 is 1.88 bits per heavy atom. The van der Waals surface area contributed by atoms with Gasteiger partial charge in [-0.15, -0.1) is 10.2 Å². The molecule has 0 aliphatic carbocycles. The highest BCUT2D eigenvalue weighted by atomic mass is 79.9. The lowest BCUT2D eigenvalue weighted by Gasteiger charge is -2.10. The molecule has 0 fully saturated rings. The fraction of sp³-hybridized carbons (Fsp3) is 0.0833. The maximum Gasteiger partial charge on any atom is 0.250 e. The molecule has 4 rings (SSSR count). The summed E-state index contributed by atoms with van der Waals surface area (Å²) in [5, 5.41) is 13.4. The second-order valence-electron chi connectivity index (χ2n) is 6.84. The molecule has 33 heavy (non-hydrogen) atoms. The van der Waals surface area contributed by atoms with Crippen LogP contribution in [0.4, 0.5) is 0 Å². The summed E-state index contributed by atoms with van der Waals surface area (Å²) in [5.74, 6) is 1.35. The molecule has 1 aromatic heterocycles. The Kier molecular flexibility index (Phi) is 7.54. The zero-order chi connectivity index (χ0) is 23.0. The summed E-state index contributed by atoms with van der Waals surface area (Å²) in [4.78, 5) is 12.3. The smallest absolute Gasteiger partial charge is 0.250 e. The molecule has 0 aliphatic rings. The SMILES string of the molecule is COc1ccc(-c2nnc(SCC(=O)NN=Cc3cccc(Br)c3)n2-c2ccccc2)cc1. The number of carbonyl (C=O) groups excluding carboxylic acids is 1. The van der Waals surface area contributed by atoms with Gasteiger partial charge in [0.05, 0.1) is 19.1 Å². The van der Waals surface area contributed by atoms with E-state index in [-0.39, 0.29) is 11.7 Å². The molecule has 1 heterocycles. The highest BCUT2D eigenvalue weighted by Gasteiger charge is 2.17. The Morgan fingerprint density at radius 1 is 1.09 bits per heavy atom. The van der Waals surface area contributed by atoms with E-state index >= 15 is 0 Å². The van der Waals surface area contributed by atoms with Gasteiger partial charge in [0.2, 0.25) is 0 Å². The molecule has 0 atom stereocenters. The van der Waals surface area contributed by atoms with Crippen LogP contribution in [-0.4, -0.2) is 39.7 Å². The molecule has 0 saturated carbocycles. The molecule has 0 unspecified atom stereocenters. The summed E-state index contributed by atoms with van der Waals surface area (Å²) in [5.41, 5.74) is 5.23. The number of thioether (sulfide) groups is 1. The van der Waals surface area contributed by atoms with Gasteiger partial charge < -0.3 is 4.74 Å². The standard InChI is InChI=1S/C24H20BrN5O2S/c1-32-21-12-10-18(11-13-21)23-28-29-24(30(23)20-8-3-2-4-9-20)33-16-22(31)27-26-15-17-6-5-7-19(25)14-17/h2-15H,16H2,1H3,(H,27,31). The maximum absolute atomic E-state index is 12.3. The van der Waals surface area contributed by atoms with E-state index in [2.05, 4.69) is 36.7 Å². The van der Waals surface area contributed by atoms with Crippen LogP contribution in [0, 0.1) is 0 Å². The minimum atomic E-state index is -0.236. The Bertz CT molecular complexity index is 1260. The van der Waals surface area contributed by atoms with Crippen molar-refractivity contribution in [3.8, 4) is 22.8 Å². The topological polar surface area (TPSA) is 81.4 Å². The first-order valence-electron chi connectivity index (χ1n) is 9.99. The van der Waals surface area contributed by atoms with Crippen LogP contribution in [0.3, 0.4) is 0 Å². The van der Waals surface area contributed by atoms with Crippen LogP contribution in [0.15, 0.2) is 93.6 Å². The zero-order valence-corrected chi connectivity index (χ0v) is 20.1. The number of nitrogens with one attached hydrogen (secondary N) is 1. The Morgan fingerprint density at radius 3 is 2.61 bits per heavy atom. The largest absolute Gasteiger partial charge is 0.497 e. The molecule has 4 aromatic rings. The van der Waals surface area contributed by atoms with E-state index < -0.39 is 0 Å². The lowest BCUT2D eigenvalue weighted by atomic mass is 10.2. The fourth-order valence-electron chi connectivity index (χ4n) is 3.03. The third-order valence-corrected chi connectivity index (χ3v) is 6.00. The molecule has 1 amide bonds. The maximum atomic E-state index is 12.3. The number of rotatable bonds is 8. The quantitative estimate of drug-likeness (QED) is 0.201. The highest BCUT2D eigenvalue weighted by molar-refractivity contribution is 9.10. The second kappa shape index (κ2) is 10.9. The normalized spacial score (nSPS) is 11.0. The van der Waals surface area contributed by atoms with Crippen LogP contribution >= 0.6 is 27.7 Å². The molecule has 3 aromatic carbocycles. The van der Waals surface area contributed by atoms with Crippen molar-refractivity contribution in [1.29, 1.82) is 0 Å². The number of carbonyl (C=O) groups is 1. The van der Waals surface area contributed by atoms with E-state index in [1.54, 1.807) is 13.3 Å². The average molecular weight is 522 g/mol. The van der Waals surface area contributed by atoms with Gasteiger partial charge in [-0.2, -0.15) is 5.10 Å². The van der Waals surface area contributed by atoms with Gasteiger partial charge in [-0.25, -0.2) is 5.43 Å². The van der Waals surface area contributed by atoms with E-state index in [4.69, 9.17) is 4.74 Å². The number of nitrogens with zero attached hydrogens (tertiary/aromatic N) is 4. The van der Waals surface area contributed by atoms with Crippen LogP contribution in [0.25, 0.3) is 17.1 Å². The van der Waals surface area contributed by atoms with E-state index in [9.17, 15) is 4.79 Å². The predicted octanol–water partition coefficient (Wildman–Crippen LogP) is 4.95. The summed E-state index contributed by atoms with van der Waals surface area (Å²) in [6, 6.07) is 25.1. The van der Waals surface area contributed by atoms with E-state index in [0.717, 1.165) is 27.0 Å². The number of benzene rings is 3. The number of amides is 1. The van der Waals surface area contributed by atoms with Gasteiger partial charge in [0, 0.05) is 15.7 Å². The minimum absolute atomic E-state index is 0.142. The van der Waals surface area contributed by atoms with E-state index in [1.165, 1.54) is 11.8 Å². The molecule has 0 bridgehead atoms. The van der Waals surface area contributed by atoms with Crippen molar-refractivity contribution in [2.45, 2.75) is 5.16 Å². The van der Waals surface area contributed by atoms with Crippen LogP contribution in [0.5, 0.6) is 5.75 Å². The monoisotopic (exact) mass is 521 g/mol. The molecule has 9 heteroatoms. The zero-order valence-electron chi connectivity index (χ0n) is 17.7. The summed E-state index contributed by atoms with van der Waals surface area (Å²) in [7, 11) is 1.63. The summed E-state index contributed by atoms with van der Waals surface area (Å²) >= 11 is 4.70. The molecule has 0 spiro atoms. The Hall–Kier alpha value is -3.43. The van der Waals surface area contributed by atoms with Gasteiger partial charge in [0.15, 0.2) is 11.0 Å². The van der Waals surface area contributed by atoms with E-state index in [0.29, 0.717) is 11.0 Å². The first-order chi connectivity index (χ1) is 16.1. The number of ether oxygens (including phenoxy) is 1. The number of methoxy groups -OCH3 is 1. The average Bonchev–Trinajstić information content (AvgIpc) is 3.27. The third kappa shape index (κ3) is 5.88. The summed E-state index contributed by atoms with van der Waals surface area (Å²) < 4.78 is 8.13. The molecule has 7 nitrogen and oxygen atoms in total. The highest BCUT2D eigenvalue weighted by Crippen LogP contribution is 2.28. The number of aromatic nitrogens is 3. The van der Waals surface area contributed by atoms with Gasteiger partial charge >= 0.3 is 0 Å². The second-order valence-corrected chi connectivity index (χ2v) is 8.70. The molecule has 0 radical (unpaired) electrons. The summed E-state index contributed by atoms with van der Waals surface area (Å²) in [6.07, 6.45) is 1.60. The molecular formula is C24H20BrN5O2S. The Labute approximate surface area is 204 Å². The van der Waals surface area contributed by atoms with E-state index in [1.807, 2.05) is 83.4 Å². The molecule has 166 valence electrons. The molecule has 1 N–H and O–H groups in total. The van der Waals surface area contributed by atoms with Crippen LogP contribution in [0.2, 0.25) is 0 Å². The predicted molar refractivity (Wildman–Crippen MR) is 134 cm³/mol. The van der Waals surface area contributed by atoms with Crippen molar-refractivity contribution in [2.75, 3.05) is 12.9 Å². The number of hydrogen-bond donors (Lipinski definition) is 1. The molecule has 0 aliphatic heterocycles. The van der Waals surface area contributed by atoms with Gasteiger partial charge in [0.25, 0.3) is 5.91 Å². The fourth-order valence-corrected chi connectivity index (χ4v) is 4.19. The van der Waals surface area contributed by atoms with Crippen molar-refractivity contribution in [1.82, 2.24) is 20.2 Å². The first-order valence-corrected chi connectivity index (χ1v) is 11.8. The van der Waals surface area contributed by atoms with Gasteiger partial charge in [-0.3, -0.25) is 9.36 Å².